The highest BCUT2D eigenvalue weighted by atomic mass is 32.2. The number of sulfone groups is 1. The van der Waals surface area contributed by atoms with Crippen LogP contribution in [0.4, 0.5) is 5.95 Å². The van der Waals surface area contributed by atoms with Crippen LogP contribution in [0.2, 0.25) is 0 Å². The highest BCUT2D eigenvalue weighted by molar-refractivity contribution is 7.91. The van der Waals surface area contributed by atoms with Gasteiger partial charge in [0, 0.05) is 18.3 Å². The number of imidazole rings is 1. The van der Waals surface area contributed by atoms with E-state index in [0.29, 0.717) is 11.8 Å². The summed E-state index contributed by atoms with van der Waals surface area (Å²) in [5.74, 6) is 1.42. The van der Waals surface area contributed by atoms with Crippen LogP contribution in [0.1, 0.15) is 37.4 Å². The maximum atomic E-state index is 11.6. The first-order valence-corrected chi connectivity index (χ1v) is 8.38. The number of aromatic nitrogens is 2. The summed E-state index contributed by atoms with van der Waals surface area (Å²) in [5, 5.41) is 3.32. The first kappa shape index (κ1) is 12.0. The van der Waals surface area contributed by atoms with Crippen molar-refractivity contribution in [2.24, 2.45) is 0 Å². The van der Waals surface area contributed by atoms with Gasteiger partial charge in [0.2, 0.25) is 5.95 Å². The van der Waals surface area contributed by atoms with Crippen molar-refractivity contribution < 1.29 is 8.42 Å². The van der Waals surface area contributed by atoms with Crippen LogP contribution in [0.25, 0.3) is 0 Å². The standard InChI is InChI=1S/C12H19N3O2S/c1-9-7-15(11-4-5-11)12(13-9)14-10-3-2-6-18(16,17)8-10/h7,10-11H,2-6,8H2,1H3,(H,13,14). The van der Waals surface area contributed by atoms with E-state index in [9.17, 15) is 8.42 Å². The molecular weight excluding hydrogens is 250 g/mol. The Labute approximate surface area is 108 Å². The number of aryl methyl sites for hydroxylation is 1. The van der Waals surface area contributed by atoms with Crippen molar-refractivity contribution >= 4 is 15.8 Å². The van der Waals surface area contributed by atoms with E-state index in [0.717, 1.165) is 24.5 Å². The van der Waals surface area contributed by atoms with Crippen molar-refractivity contribution in [2.75, 3.05) is 16.8 Å². The smallest absolute Gasteiger partial charge is 0.203 e. The molecule has 2 fully saturated rings. The third-order valence-corrected chi connectivity index (χ3v) is 5.41. The predicted molar refractivity (Wildman–Crippen MR) is 70.5 cm³/mol. The zero-order chi connectivity index (χ0) is 12.8. The van der Waals surface area contributed by atoms with Gasteiger partial charge in [-0.25, -0.2) is 13.4 Å². The molecule has 100 valence electrons. The van der Waals surface area contributed by atoms with Crippen LogP contribution in [0.15, 0.2) is 6.20 Å². The van der Waals surface area contributed by atoms with Crippen molar-refractivity contribution in [3.8, 4) is 0 Å². The van der Waals surface area contributed by atoms with E-state index in [2.05, 4.69) is 21.1 Å². The number of hydrogen-bond acceptors (Lipinski definition) is 4. The van der Waals surface area contributed by atoms with Crippen LogP contribution in [-0.2, 0) is 9.84 Å². The van der Waals surface area contributed by atoms with E-state index < -0.39 is 9.84 Å². The second kappa shape index (κ2) is 4.26. The van der Waals surface area contributed by atoms with Crippen LogP contribution >= 0.6 is 0 Å². The number of hydrogen-bond donors (Lipinski definition) is 1. The molecule has 0 spiro atoms. The molecule has 6 heteroatoms. The van der Waals surface area contributed by atoms with Gasteiger partial charge in [0.05, 0.1) is 17.2 Å². The number of anilines is 1. The predicted octanol–water partition coefficient (Wildman–Crippen LogP) is 1.52. The fourth-order valence-corrected chi connectivity index (χ4v) is 4.21. The maximum absolute atomic E-state index is 11.6. The quantitative estimate of drug-likeness (QED) is 0.903. The van der Waals surface area contributed by atoms with Gasteiger partial charge in [-0.2, -0.15) is 0 Å². The summed E-state index contributed by atoms with van der Waals surface area (Å²) >= 11 is 0. The Balaban J connectivity index is 1.76. The average molecular weight is 269 g/mol. The molecule has 0 amide bonds. The van der Waals surface area contributed by atoms with Gasteiger partial charge in [0.15, 0.2) is 9.84 Å². The van der Waals surface area contributed by atoms with Crippen molar-refractivity contribution in [3.63, 3.8) is 0 Å². The monoisotopic (exact) mass is 269 g/mol. The van der Waals surface area contributed by atoms with Gasteiger partial charge in [-0.1, -0.05) is 0 Å². The molecule has 1 aromatic heterocycles. The maximum Gasteiger partial charge on any atom is 0.203 e. The van der Waals surface area contributed by atoms with Crippen LogP contribution in [0.5, 0.6) is 0 Å². The zero-order valence-corrected chi connectivity index (χ0v) is 11.4. The van der Waals surface area contributed by atoms with E-state index >= 15 is 0 Å². The molecule has 1 atom stereocenters. The molecule has 1 unspecified atom stereocenters. The summed E-state index contributed by atoms with van der Waals surface area (Å²) in [6.07, 6.45) is 6.12. The summed E-state index contributed by atoms with van der Waals surface area (Å²) in [6, 6.07) is 0.581. The minimum atomic E-state index is -2.86. The number of nitrogens with zero attached hydrogens (tertiary/aromatic N) is 2. The van der Waals surface area contributed by atoms with E-state index in [1.807, 2.05) is 6.92 Å². The minimum Gasteiger partial charge on any atom is -0.352 e. The van der Waals surface area contributed by atoms with Gasteiger partial charge in [-0.3, -0.25) is 0 Å². The summed E-state index contributed by atoms with van der Waals surface area (Å²) in [6.45, 7) is 1.97. The first-order valence-electron chi connectivity index (χ1n) is 6.56. The molecule has 0 aromatic carbocycles. The summed E-state index contributed by atoms with van der Waals surface area (Å²) in [4.78, 5) is 4.47. The lowest BCUT2D eigenvalue weighted by Gasteiger charge is -2.23. The molecule has 5 nitrogen and oxygen atoms in total. The van der Waals surface area contributed by atoms with E-state index in [-0.39, 0.29) is 11.8 Å². The molecule has 0 radical (unpaired) electrons. The fourth-order valence-electron chi connectivity index (χ4n) is 2.57. The average Bonchev–Trinajstić information content (AvgIpc) is 3.03. The molecule has 1 saturated heterocycles. The second-order valence-corrected chi connectivity index (χ2v) is 7.67. The van der Waals surface area contributed by atoms with Crippen molar-refractivity contribution in [2.45, 2.75) is 44.7 Å². The van der Waals surface area contributed by atoms with Crippen molar-refractivity contribution in [1.29, 1.82) is 0 Å². The Morgan fingerprint density at radius 3 is 2.83 bits per heavy atom. The fraction of sp³-hybridized carbons (Fsp3) is 0.750. The van der Waals surface area contributed by atoms with E-state index in [1.54, 1.807) is 0 Å². The molecule has 0 bridgehead atoms. The molecular formula is C12H19N3O2S. The first-order chi connectivity index (χ1) is 8.53. The number of rotatable bonds is 3. The topological polar surface area (TPSA) is 64.0 Å². The second-order valence-electron chi connectivity index (χ2n) is 5.44. The molecule has 1 saturated carbocycles. The highest BCUT2D eigenvalue weighted by Gasteiger charge is 2.29. The van der Waals surface area contributed by atoms with Gasteiger partial charge in [-0.15, -0.1) is 0 Å². The van der Waals surface area contributed by atoms with Crippen LogP contribution in [0.3, 0.4) is 0 Å². The molecule has 1 aromatic rings. The zero-order valence-electron chi connectivity index (χ0n) is 10.6. The van der Waals surface area contributed by atoms with Gasteiger partial charge < -0.3 is 9.88 Å². The SMILES string of the molecule is Cc1cn(C2CC2)c(NC2CCCS(=O)(=O)C2)n1. The molecule has 1 N–H and O–H groups in total. The highest BCUT2D eigenvalue weighted by Crippen LogP contribution is 2.37. The minimum absolute atomic E-state index is 0.0167. The Bertz CT molecular complexity index is 546. The molecule has 1 aliphatic carbocycles. The third-order valence-electron chi connectivity index (χ3n) is 3.59. The Morgan fingerprint density at radius 1 is 1.39 bits per heavy atom. The lowest BCUT2D eigenvalue weighted by atomic mass is 10.2. The van der Waals surface area contributed by atoms with Gasteiger partial charge in [0.1, 0.15) is 0 Å². The Morgan fingerprint density at radius 2 is 2.17 bits per heavy atom. The van der Waals surface area contributed by atoms with Crippen LogP contribution in [-0.4, -0.2) is 35.5 Å². The molecule has 18 heavy (non-hydrogen) atoms. The summed E-state index contributed by atoms with van der Waals surface area (Å²) in [5.41, 5.74) is 0.989. The summed E-state index contributed by atoms with van der Waals surface area (Å²) in [7, 11) is -2.86. The largest absolute Gasteiger partial charge is 0.352 e. The van der Waals surface area contributed by atoms with E-state index in [1.165, 1.54) is 12.8 Å². The third kappa shape index (κ3) is 2.53. The molecule has 2 heterocycles. The Hall–Kier alpha value is -1.04. The van der Waals surface area contributed by atoms with Crippen molar-refractivity contribution in [1.82, 2.24) is 9.55 Å². The molecule has 3 rings (SSSR count). The normalized spacial score (nSPS) is 27.1. The number of nitrogens with one attached hydrogen (secondary N) is 1. The van der Waals surface area contributed by atoms with Gasteiger partial charge in [-0.05, 0) is 32.6 Å². The van der Waals surface area contributed by atoms with Gasteiger partial charge >= 0.3 is 0 Å². The van der Waals surface area contributed by atoms with Gasteiger partial charge in [0.25, 0.3) is 0 Å². The van der Waals surface area contributed by atoms with Crippen LogP contribution < -0.4 is 5.32 Å². The summed E-state index contributed by atoms with van der Waals surface area (Å²) < 4.78 is 25.4. The van der Waals surface area contributed by atoms with E-state index in [4.69, 9.17) is 0 Å². The molecule has 1 aliphatic heterocycles. The Kier molecular flexibility index (Phi) is 2.84. The van der Waals surface area contributed by atoms with Crippen LogP contribution in [0, 0.1) is 6.92 Å². The molecule has 2 aliphatic rings. The lowest BCUT2D eigenvalue weighted by molar-refractivity contribution is 0.559. The van der Waals surface area contributed by atoms with Crippen molar-refractivity contribution in [3.05, 3.63) is 11.9 Å². The lowest BCUT2D eigenvalue weighted by Crippen LogP contribution is -2.35.